The monoisotopic (exact) mass is 356 g/mol. The number of fused-ring (bicyclic) bond motifs is 1. The minimum absolute atomic E-state index is 0.541. The SMILES string of the molecule is C[C@@H]1C[C@@H](C)CN(c2ncnc3c2nnn3Cc2ccccc2Cl)C1. The lowest BCUT2D eigenvalue weighted by atomic mass is 9.92. The van der Waals surface area contributed by atoms with Gasteiger partial charge in [-0.25, -0.2) is 14.6 Å². The molecule has 0 aliphatic carbocycles. The van der Waals surface area contributed by atoms with Crippen LogP contribution in [0.1, 0.15) is 25.8 Å². The zero-order valence-corrected chi connectivity index (χ0v) is 15.2. The summed E-state index contributed by atoms with van der Waals surface area (Å²) in [5.74, 6) is 2.17. The van der Waals surface area contributed by atoms with E-state index in [2.05, 4.69) is 39.0 Å². The van der Waals surface area contributed by atoms with Crippen LogP contribution in [-0.4, -0.2) is 38.1 Å². The number of benzene rings is 1. The number of piperidine rings is 1. The average molecular weight is 357 g/mol. The molecule has 25 heavy (non-hydrogen) atoms. The first kappa shape index (κ1) is 16.3. The first-order valence-corrected chi connectivity index (χ1v) is 9.02. The van der Waals surface area contributed by atoms with Gasteiger partial charge < -0.3 is 4.90 Å². The fraction of sp³-hybridized carbons (Fsp3) is 0.444. The molecule has 1 aromatic carbocycles. The molecule has 2 atom stereocenters. The van der Waals surface area contributed by atoms with Crippen molar-refractivity contribution >= 4 is 28.6 Å². The lowest BCUT2D eigenvalue weighted by molar-refractivity contribution is 0.355. The molecular weight excluding hydrogens is 336 g/mol. The van der Waals surface area contributed by atoms with Gasteiger partial charge in [-0.1, -0.05) is 48.9 Å². The molecule has 0 amide bonds. The molecule has 7 heteroatoms. The van der Waals surface area contributed by atoms with Crippen LogP contribution in [0.25, 0.3) is 11.2 Å². The Hall–Kier alpha value is -2.21. The van der Waals surface area contributed by atoms with Gasteiger partial charge in [0.25, 0.3) is 0 Å². The second-order valence-corrected chi connectivity index (χ2v) is 7.47. The van der Waals surface area contributed by atoms with Crippen molar-refractivity contribution in [2.75, 3.05) is 18.0 Å². The summed E-state index contributed by atoms with van der Waals surface area (Å²) in [5, 5.41) is 9.40. The van der Waals surface area contributed by atoms with Crippen molar-refractivity contribution in [1.82, 2.24) is 25.0 Å². The molecule has 0 saturated carbocycles. The number of rotatable bonds is 3. The van der Waals surface area contributed by atoms with Gasteiger partial charge in [0.05, 0.1) is 6.54 Å². The molecule has 0 spiro atoms. The summed E-state index contributed by atoms with van der Waals surface area (Å²) in [6.45, 7) is 7.10. The highest BCUT2D eigenvalue weighted by molar-refractivity contribution is 6.31. The molecule has 0 N–H and O–H groups in total. The number of anilines is 1. The predicted octanol–water partition coefficient (Wildman–Crippen LogP) is 3.41. The van der Waals surface area contributed by atoms with Crippen LogP contribution in [0.2, 0.25) is 5.02 Å². The zero-order valence-electron chi connectivity index (χ0n) is 14.4. The number of nitrogens with zero attached hydrogens (tertiary/aromatic N) is 6. The van der Waals surface area contributed by atoms with Crippen molar-refractivity contribution in [3.63, 3.8) is 0 Å². The molecule has 4 rings (SSSR count). The van der Waals surface area contributed by atoms with Crippen molar-refractivity contribution in [2.24, 2.45) is 11.8 Å². The molecule has 2 aromatic heterocycles. The van der Waals surface area contributed by atoms with Crippen LogP contribution < -0.4 is 4.90 Å². The minimum atomic E-state index is 0.541. The third kappa shape index (κ3) is 3.18. The van der Waals surface area contributed by atoms with E-state index in [1.165, 1.54) is 6.42 Å². The average Bonchev–Trinajstić information content (AvgIpc) is 2.99. The van der Waals surface area contributed by atoms with Crippen LogP contribution in [0.5, 0.6) is 0 Å². The molecule has 0 bridgehead atoms. The second kappa shape index (κ2) is 6.59. The Morgan fingerprint density at radius 2 is 1.88 bits per heavy atom. The van der Waals surface area contributed by atoms with Gasteiger partial charge >= 0.3 is 0 Å². The molecule has 1 saturated heterocycles. The summed E-state index contributed by atoms with van der Waals surface area (Å²) in [5.41, 5.74) is 2.50. The highest BCUT2D eigenvalue weighted by atomic mass is 35.5. The fourth-order valence-electron chi connectivity index (χ4n) is 3.74. The Bertz CT molecular complexity index is 882. The van der Waals surface area contributed by atoms with Crippen molar-refractivity contribution in [1.29, 1.82) is 0 Å². The lowest BCUT2D eigenvalue weighted by Gasteiger charge is -2.35. The zero-order chi connectivity index (χ0) is 17.4. The van der Waals surface area contributed by atoms with Crippen LogP contribution in [0.4, 0.5) is 5.82 Å². The largest absolute Gasteiger partial charge is 0.354 e. The summed E-state index contributed by atoms with van der Waals surface area (Å²) in [6, 6.07) is 7.76. The molecule has 130 valence electrons. The Morgan fingerprint density at radius 1 is 1.12 bits per heavy atom. The van der Waals surface area contributed by atoms with Gasteiger partial charge in [0, 0.05) is 18.1 Å². The Kier molecular flexibility index (Phi) is 4.29. The van der Waals surface area contributed by atoms with E-state index < -0.39 is 0 Å². The Balaban J connectivity index is 1.70. The highest BCUT2D eigenvalue weighted by Gasteiger charge is 2.25. The van der Waals surface area contributed by atoms with Gasteiger partial charge in [0.1, 0.15) is 6.33 Å². The molecule has 3 aromatic rings. The van der Waals surface area contributed by atoms with E-state index in [1.54, 1.807) is 11.0 Å². The van der Waals surface area contributed by atoms with Crippen molar-refractivity contribution in [3.05, 3.63) is 41.2 Å². The number of halogens is 1. The van der Waals surface area contributed by atoms with Crippen molar-refractivity contribution in [3.8, 4) is 0 Å². The van der Waals surface area contributed by atoms with Crippen molar-refractivity contribution < 1.29 is 0 Å². The standard InChI is InChI=1S/C18H21ClN6/c1-12-7-13(2)9-24(8-12)17-16-18(21-11-20-17)25(23-22-16)10-14-5-3-4-6-15(14)19/h3-6,11-13H,7-10H2,1-2H3/t12-,13-/m1/s1. The molecule has 3 heterocycles. The molecule has 1 aliphatic heterocycles. The first-order valence-electron chi connectivity index (χ1n) is 8.64. The minimum Gasteiger partial charge on any atom is -0.354 e. The van der Waals surface area contributed by atoms with Crippen molar-refractivity contribution in [2.45, 2.75) is 26.8 Å². The highest BCUT2D eigenvalue weighted by Crippen LogP contribution is 2.28. The fourth-order valence-corrected chi connectivity index (χ4v) is 3.94. The van der Waals surface area contributed by atoms with Gasteiger partial charge in [-0.2, -0.15) is 0 Å². The number of aromatic nitrogens is 5. The van der Waals surface area contributed by atoms with Crippen LogP contribution >= 0.6 is 11.6 Å². The Labute approximate surface area is 151 Å². The molecule has 1 fully saturated rings. The van der Waals surface area contributed by atoms with E-state index in [4.69, 9.17) is 11.6 Å². The Morgan fingerprint density at radius 3 is 2.64 bits per heavy atom. The van der Waals surface area contributed by atoms with E-state index in [0.717, 1.165) is 40.7 Å². The summed E-state index contributed by atoms with van der Waals surface area (Å²) in [7, 11) is 0. The van der Waals surface area contributed by atoms with E-state index >= 15 is 0 Å². The predicted molar refractivity (Wildman–Crippen MR) is 98.8 cm³/mol. The van der Waals surface area contributed by atoms with Gasteiger partial charge in [-0.3, -0.25) is 0 Å². The summed E-state index contributed by atoms with van der Waals surface area (Å²) in [4.78, 5) is 11.2. The number of hydrogen-bond acceptors (Lipinski definition) is 5. The van der Waals surface area contributed by atoms with Gasteiger partial charge in [-0.15, -0.1) is 5.10 Å². The van der Waals surface area contributed by atoms with E-state index in [-0.39, 0.29) is 0 Å². The smallest absolute Gasteiger partial charge is 0.184 e. The molecule has 0 radical (unpaired) electrons. The van der Waals surface area contributed by atoms with E-state index in [9.17, 15) is 0 Å². The summed E-state index contributed by atoms with van der Waals surface area (Å²) >= 11 is 6.27. The summed E-state index contributed by atoms with van der Waals surface area (Å²) in [6.07, 6.45) is 2.86. The maximum absolute atomic E-state index is 6.27. The lowest BCUT2D eigenvalue weighted by Crippen LogP contribution is -2.39. The molecule has 1 aliphatic rings. The van der Waals surface area contributed by atoms with Crippen LogP contribution in [0, 0.1) is 11.8 Å². The number of hydrogen-bond donors (Lipinski definition) is 0. The molecule has 0 unspecified atom stereocenters. The van der Waals surface area contributed by atoms with Gasteiger partial charge in [0.15, 0.2) is 17.0 Å². The van der Waals surface area contributed by atoms with Gasteiger partial charge in [-0.05, 0) is 29.9 Å². The van der Waals surface area contributed by atoms with E-state index in [0.29, 0.717) is 18.4 Å². The second-order valence-electron chi connectivity index (χ2n) is 7.06. The topological polar surface area (TPSA) is 59.7 Å². The first-order chi connectivity index (χ1) is 12.1. The normalized spacial score (nSPS) is 21.0. The van der Waals surface area contributed by atoms with Crippen LogP contribution in [0.3, 0.4) is 0 Å². The van der Waals surface area contributed by atoms with Gasteiger partial charge in [0.2, 0.25) is 0 Å². The van der Waals surface area contributed by atoms with E-state index in [1.807, 2.05) is 24.3 Å². The molecular formula is C18H21ClN6. The maximum atomic E-state index is 6.27. The van der Waals surface area contributed by atoms with Crippen LogP contribution in [-0.2, 0) is 6.54 Å². The summed E-state index contributed by atoms with van der Waals surface area (Å²) < 4.78 is 1.79. The molecule has 6 nitrogen and oxygen atoms in total. The third-order valence-electron chi connectivity index (χ3n) is 4.73. The van der Waals surface area contributed by atoms with Crippen LogP contribution in [0.15, 0.2) is 30.6 Å². The maximum Gasteiger partial charge on any atom is 0.184 e. The third-order valence-corrected chi connectivity index (χ3v) is 5.10. The quantitative estimate of drug-likeness (QED) is 0.719.